The van der Waals surface area contributed by atoms with Crippen LogP contribution in [0.25, 0.3) is 21.0 Å². The Balaban J connectivity index is 1.33. The molecule has 33 heavy (non-hydrogen) atoms. The minimum absolute atomic E-state index is 0.0359. The highest BCUT2D eigenvalue weighted by Crippen LogP contribution is 2.30. The first-order chi connectivity index (χ1) is 16.0. The van der Waals surface area contributed by atoms with Crippen molar-refractivity contribution < 1.29 is 9.53 Å². The van der Waals surface area contributed by atoms with Gasteiger partial charge in [-0.3, -0.25) is 9.69 Å². The number of fused-ring (bicyclic) bond motifs is 2. The summed E-state index contributed by atoms with van der Waals surface area (Å²) in [5, 5.41) is 2.73. The van der Waals surface area contributed by atoms with Gasteiger partial charge in [-0.1, -0.05) is 23.7 Å². The third kappa shape index (κ3) is 4.65. The third-order valence-corrected chi connectivity index (χ3v) is 7.26. The van der Waals surface area contributed by atoms with E-state index in [9.17, 15) is 4.79 Å². The number of benzene rings is 2. The zero-order valence-corrected chi connectivity index (χ0v) is 19.8. The van der Waals surface area contributed by atoms with Crippen molar-refractivity contribution in [3.63, 3.8) is 0 Å². The maximum atomic E-state index is 13.2. The number of aromatic nitrogens is 2. The minimum Gasteiger partial charge on any atom is -0.383 e. The second-order valence-corrected chi connectivity index (χ2v) is 9.91. The standard InChI is InChI=1S/C24H24ClN5O2S/c1-32-13-18-10-29(11-19-7-16-3-4-17(25)8-22(16)33-19)12-23(31)30(18)9-15-2-5-20-21(6-15)27-14-28-24(20)26/h2-8,14,18H,9-13H2,1H3,(H2,26,27,28). The molecule has 0 bridgehead atoms. The van der Waals surface area contributed by atoms with Crippen LogP contribution in [0, 0.1) is 0 Å². The molecule has 1 fully saturated rings. The lowest BCUT2D eigenvalue weighted by atomic mass is 10.1. The van der Waals surface area contributed by atoms with Gasteiger partial charge in [-0.2, -0.15) is 0 Å². The lowest BCUT2D eigenvalue weighted by Crippen LogP contribution is -2.57. The Bertz CT molecular complexity index is 1330. The first kappa shape index (κ1) is 22.0. The molecule has 2 N–H and O–H groups in total. The summed E-state index contributed by atoms with van der Waals surface area (Å²) in [5.41, 5.74) is 7.72. The van der Waals surface area contributed by atoms with Gasteiger partial charge in [0.05, 0.1) is 24.7 Å². The molecule has 1 aliphatic heterocycles. The minimum atomic E-state index is -0.0359. The monoisotopic (exact) mass is 481 g/mol. The van der Waals surface area contributed by atoms with E-state index < -0.39 is 0 Å². The van der Waals surface area contributed by atoms with Crippen molar-refractivity contribution in [3.05, 3.63) is 64.3 Å². The van der Waals surface area contributed by atoms with Gasteiger partial charge >= 0.3 is 0 Å². The molecular weight excluding hydrogens is 458 g/mol. The molecule has 0 radical (unpaired) electrons. The van der Waals surface area contributed by atoms with Gasteiger partial charge in [0.1, 0.15) is 12.1 Å². The summed E-state index contributed by atoms with van der Waals surface area (Å²) in [6.07, 6.45) is 1.46. The Morgan fingerprint density at radius 2 is 2.06 bits per heavy atom. The van der Waals surface area contributed by atoms with Crippen molar-refractivity contribution in [2.45, 2.75) is 19.1 Å². The van der Waals surface area contributed by atoms with Crippen LogP contribution in [0.1, 0.15) is 10.4 Å². The lowest BCUT2D eigenvalue weighted by Gasteiger charge is -2.40. The van der Waals surface area contributed by atoms with E-state index in [1.165, 1.54) is 16.6 Å². The number of nitrogens with zero attached hydrogens (tertiary/aromatic N) is 4. The number of ether oxygens (including phenoxy) is 1. The molecule has 0 spiro atoms. The summed E-state index contributed by atoms with van der Waals surface area (Å²) < 4.78 is 6.64. The number of hydrogen-bond donors (Lipinski definition) is 1. The summed E-state index contributed by atoms with van der Waals surface area (Å²) >= 11 is 7.86. The molecule has 9 heteroatoms. The van der Waals surface area contributed by atoms with E-state index in [2.05, 4.69) is 20.9 Å². The lowest BCUT2D eigenvalue weighted by molar-refractivity contribution is -0.142. The van der Waals surface area contributed by atoms with Gasteiger partial charge in [-0.15, -0.1) is 11.3 Å². The first-order valence-electron chi connectivity index (χ1n) is 10.7. The summed E-state index contributed by atoms with van der Waals surface area (Å²) in [6, 6.07) is 13.9. The number of methoxy groups -OCH3 is 1. The number of rotatable bonds is 6. The SMILES string of the molecule is COCC1CN(Cc2cc3ccc(Cl)cc3s2)CC(=O)N1Cc1ccc2c(N)ncnc2c1. The number of carbonyl (C=O) groups is 1. The fourth-order valence-electron chi connectivity index (χ4n) is 4.40. The summed E-state index contributed by atoms with van der Waals surface area (Å²) in [6.45, 7) is 2.83. The van der Waals surface area contributed by atoms with E-state index in [1.807, 2.05) is 41.3 Å². The Kier molecular flexibility index (Phi) is 6.16. The molecule has 0 saturated carbocycles. The van der Waals surface area contributed by atoms with Crippen LogP contribution in [0.2, 0.25) is 5.02 Å². The number of halogens is 1. The van der Waals surface area contributed by atoms with E-state index >= 15 is 0 Å². The van der Waals surface area contributed by atoms with E-state index in [0.717, 1.165) is 39.3 Å². The van der Waals surface area contributed by atoms with Gasteiger partial charge in [0.15, 0.2) is 0 Å². The number of anilines is 1. The first-order valence-corrected chi connectivity index (χ1v) is 11.9. The molecule has 4 aromatic rings. The van der Waals surface area contributed by atoms with Crippen LogP contribution in [0.4, 0.5) is 5.82 Å². The zero-order chi connectivity index (χ0) is 22.9. The summed E-state index contributed by atoms with van der Waals surface area (Å²) in [4.78, 5) is 26.9. The van der Waals surface area contributed by atoms with Crippen molar-refractivity contribution in [2.75, 3.05) is 32.5 Å². The molecule has 3 heterocycles. The highest BCUT2D eigenvalue weighted by molar-refractivity contribution is 7.19. The summed E-state index contributed by atoms with van der Waals surface area (Å²) in [7, 11) is 1.67. The zero-order valence-electron chi connectivity index (χ0n) is 18.2. The quantitative estimate of drug-likeness (QED) is 0.449. The normalized spacial score (nSPS) is 17.3. The Hall–Kier alpha value is -2.78. The van der Waals surface area contributed by atoms with Gasteiger partial charge in [0, 0.05) is 46.7 Å². The Morgan fingerprint density at radius 1 is 1.18 bits per heavy atom. The highest BCUT2D eigenvalue weighted by Gasteiger charge is 2.32. The third-order valence-electron chi connectivity index (χ3n) is 5.95. The Labute approximate surface area is 200 Å². The number of hydrogen-bond acceptors (Lipinski definition) is 7. The van der Waals surface area contributed by atoms with E-state index in [4.69, 9.17) is 22.1 Å². The van der Waals surface area contributed by atoms with Crippen molar-refractivity contribution >= 4 is 55.7 Å². The topological polar surface area (TPSA) is 84.6 Å². The fraction of sp³-hybridized carbons (Fsp3) is 0.292. The average Bonchev–Trinajstić information content (AvgIpc) is 3.17. The largest absolute Gasteiger partial charge is 0.383 e. The highest BCUT2D eigenvalue weighted by atomic mass is 35.5. The van der Waals surface area contributed by atoms with Crippen LogP contribution >= 0.6 is 22.9 Å². The molecule has 1 atom stereocenters. The van der Waals surface area contributed by atoms with Crippen molar-refractivity contribution in [1.82, 2.24) is 19.8 Å². The maximum Gasteiger partial charge on any atom is 0.237 e. The molecule has 5 rings (SSSR count). The van der Waals surface area contributed by atoms with Crippen LogP contribution in [-0.2, 0) is 22.6 Å². The predicted octanol–water partition coefficient (Wildman–Crippen LogP) is 3.94. The molecule has 1 saturated heterocycles. The second-order valence-electron chi connectivity index (χ2n) is 8.31. The van der Waals surface area contributed by atoms with E-state index in [0.29, 0.717) is 25.5 Å². The predicted molar refractivity (Wildman–Crippen MR) is 132 cm³/mol. The molecule has 1 amide bonds. The van der Waals surface area contributed by atoms with Crippen LogP contribution in [0.15, 0.2) is 48.8 Å². The van der Waals surface area contributed by atoms with Crippen LogP contribution in [0.5, 0.6) is 0 Å². The molecule has 1 aliphatic rings. The van der Waals surface area contributed by atoms with Gasteiger partial charge < -0.3 is 15.4 Å². The van der Waals surface area contributed by atoms with E-state index in [-0.39, 0.29) is 11.9 Å². The molecule has 170 valence electrons. The maximum absolute atomic E-state index is 13.2. The number of nitrogens with two attached hydrogens (primary N) is 1. The van der Waals surface area contributed by atoms with Crippen molar-refractivity contribution in [2.24, 2.45) is 0 Å². The molecular formula is C24H24ClN5O2S. The smallest absolute Gasteiger partial charge is 0.237 e. The molecule has 0 aliphatic carbocycles. The number of piperazine rings is 1. The second kappa shape index (κ2) is 9.23. The molecule has 2 aromatic heterocycles. The molecule has 1 unspecified atom stereocenters. The van der Waals surface area contributed by atoms with E-state index in [1.54, 1.807) is 18.4 Å². The number of thiophene rings is 1. The fourth-order valence-corrected chi connectivity index (χ4v) is 5.78. The number of carbonyl (C=O) groups excluding carboxylic acids is 1. The van der Waals surface area contributed by atoms with Crippen LogP contribution < -0.4 is 5.73 Å². The van der Waals surface area contributed by atoms with Crippen LogP contribution in [-0.4, -0.2) is 58.5 Å². The van der Waals surface area contributed by atoms with Gasteiger partial charge in [0.2, 0.25) is 5.91 Å². The van der Waals surface area contributed by atoms with Gasteiger partial charge in [-0.25, -0.2) is 9.97 Å². The van der Waals surface area contributed by atoms with Gasteiger partial charge in [-0.05, 0) is 41.3 Å². The van der Waals surface area contributed by atoms with Gasteiger partial charge in [0.25, 0.3) is 0 Å². The number of amides is 1. The molecule has 7 nitrogen and oxygen atoms in total. The molecule has 2 aromatic carbocycles. The summed E-state index contributed by atoms with van der Waals surface area (Å²) in [5.74, 6) is 0.548. The van der Waals surface area contributed by atoms with Crippen LogP contribution in [0.3, 0.4) is 0 Å². The Morgan fingerprint density at radius 3 is 2.91 bits per heavy atom. The average molecular weight is 482 g/mol. The van der Waals surface area contributed by atoms with Crippen molar-refractivity contribution in [3.8, 4) is 0 Å². The number of nitrogen functional groups attached to an aromatic ring is 1. The van der Waals surface area contributed by atoms with Crippen molar-refractivity contribution in [1.29, 1.82) is 0 Å².